The quantitative estimate of drug-likeness (QED) is 0.740. The first kappa shape index (κ1) is 14.9. The minimum Gasteiger partial charge on any atom is -0.380 e. The predicted octanol–water partition coefficient (Wildman–Crippen LogP) is 2.12. The number of likely N-dealkylation sites (tertiary alicyclic amines) is 1. The van der Waals surface area contributed by atoms with Crippen LogP contribution in [0.15, 0.2) is 0 Å². The third kappa shape index (κ3) is 4.94. The number of piperidine rings is 1. The van der Waals surface area contributed by atoms with Crippen molar-refractivity contribution >= 4 is 0 Å². The summed E-state index contributed by atoms with van der Waals surface area (Å²) in [4.78, 5) is 2.57. The maximum atomic E-state index is 5.55. The van der Waals surface area contributed by atoms with E-state index < -0.39 is 0 Å². The molecule has 3 atom stereocenters. The largest absolute Gasteiger partial charge is 0.380 e. The van der Waals surface area contributed by atoms with E-state index in [1.165, 1.54) is 38.8 Å². The zero-order valence-electron chi connectivity index (χ0n) is 12.0. The molecule has 0 aromatic heterocycles. The van der Waals surface area contributed by atoms with Crippen LogP contribution in [0.1, 0.15) is 39.5 Å². The zero-order valence-corrected chi connectivity index (χ0v) is 12.0. The van der Waals surface area contributed by atoms with Gasteiger partial charge in [-0.25, -0.2) is 0 Å². The highest BCUT2D eigenvalue weighted by molar-refractivity contribution is 4.78. The minimum atomic E-state index is 0.440. The Bertz CT molecular complexity index is 195. The first-order valence-corrected chi connectivity index (χ1v) is 7.13. The van der Waals surface area contributed by atoms with Crippen molar-refractivity contribution in [2.45, 2.75) is 51.7 Å². The number of hydrogen-bond donors (Lipinski definition) is 1. The lowest BCUT2D eigenvalue weighted by Crippen LogP contribution is -2.44. The van der Waals surface area contributed by atoms with Crippen LogP contribution in [-0.4, -0.2) is 50.8 Å². The van der Waals surface area contributed by atoms with Gasteiger partial charge in [0.25, 0.3) is 0 Å². The second-order valence-corrected chi connectivity index (χ2v) is 5.38. The van der Waals surface area contributed by atoms with Gasteiger partial charge in [0.2, 0.25) is 0 Å². The van der Waals surface area contributed by atoms with Crippen molar-refractivity contribution < 1.29 is 4.74 Å². The Hall–Kier alpha value is -0.120. The van der Waals surface area contributed by atoms with Crippen molar-refractivity contribution in [3.05, 3.63) is 0 Å². The average molecular weight is 242 g/mol. The first-order chi connectivity index (χ1) is 8.21. The Morgan fingerprint density at radius 2 is 2.24 bits per heavy atom. The van der Waals surface area contributed by atoms with E-state index >= 15 is 0 Å². The molecule has 1 fully saturated rings. The molecule has 17 heavy (non-hydrogen) atoms. The van der Waals surface area contributed by atoms with Crippen molar-refractivity contribution in [1.29, 1.82) is 0 Å². The SMILES string of the molecule is CCC(CCCN1CCC(C)C(OC)C1)NC. The number of ether oxygens (including phenoxy) is 1. The van der Waals surface area contributed by atoms with Crippen molar-refractivity contribution in [1.82, 2.24) is 10.2 Å². The number of rotatable bonds is 7. The third-order valence-electron chi connectivity index (χ3n) is 4.20. The second kappa shape index (κ2) is 8.06. The normalized spacial score (nSPS) is 28.2. The van der Waals surface area contributed by atoms with Gasteiger partial charge in [0.05, 0.1) is 6.10 Å². The van der Waals surface area contributed by atoms with Crippen molar-refractivity contribution in [3.63, 3.8) is 0 Å². The molecule has 1 rings (SSSR count). The van der Waals surface area contributed by atoms with E-state index in [1.54, 1.807) is 0 Å². The van der Waals surface area contributed by atoms with Gasteiger partial charge in [-0.1, -0.05) is 13.8 Å². The summed E-state index contributed by atoms with van der Waals surface area (Å²) in [5.74, 6) is 0.719. The molecule has 102 valence electrons. The lowest BCUT2D eigenvalue weighted by Gasteiger charge is -2.36. The summed E-state index contributed by atoms with van der Waals surface area (Å²) < 4.78 is 5.55. The van der Waals surface area contributed by atoms with Gasteiger partial charge in [0.1, 0.15) is 0 Å². The van der Waals surface area contributed by atoms with Crippen LogP contribution in [0.4, 0.5) is 0 Å². The van der Waals surface area contributed by atoms with Gasteiger partial charge in [-0.15, -0.1) is 0 Å². The standard InChI is InChI=1S/C14H30N2O/c1-5-13(15-3)7-6-9-16-10-8-12(2)14(11-16)17-4/h12-15H,5-11H2,1-4H3. The highest BCUT2D eigenvalue weighted by Gasteiger charge is 2.25. The van der Waals surface area contributed by atoms with Crippen LogP contribution < -0.4 is 5.32 Å². The molecule has 1 aliphatic rings. The molecular formula is C14H30N2O. The zero-order chi connectivity index (χ0) is 12.7. The Kier molecular flexibility index (Phi) is 7.09. The van der Waals surface area contributed by atoms with Gasteiger partial charge in [0.15, 0.2) is 0 Å². The number of nitrogens with one attached hydrogen (secondary N) is 1. The highest BCUT2D eigenvalue weighted by Crippen LogP contribution is 2.19. The molecule has 3 nitrogen and oxygen atoms in total. The maximum absolute atomic E-state index is 5.55. The number of hydrogen-bond acceptors (Lipinski definition) is 3. The summed E-state index contributed by atoms with van der Waals surface area (Å²) in [5.41, 5.74) is 0. The Morgan fingerprint density at radius 3 is 2.82 bits per heavy atom. The first-order valence-electron chi connectivity index (χ1n) is 7.13. The van der Waals surface area contributed by atoms with Crippen LogP contribution in [0.2, 0.25) is 0 Å². The fraction of sp³-hybridized carbons (Fsp3) is 1.00. The van der Waals surface area contributed by atoms with Gasteiger partial charge < -0.3 is 15.0 Å². The highest BCUT2D eigenvalue weighted by atomic mass is 16.5. The molecule has 0 aromatic carbocycles. The van der Waals surface area contributed by atoms with Crippen molar-refractivity contribution in [2.24, 2.45) is 5.92 Å². The van der Waals surface area contributed by atoms with Gasteiger partial charge in [0, 0.05) is 19.7 Å². The molecule has 0 saturated carbocycles. The molecule has 0 amide bonds. The fourth-order valence-electron chi connectivity index (χ4n) is 2.72. The smallest absolute Gasteiger partial charge is 0.0724 e. The van der Waals surface area contributed by atoms with E-state index in [4.69, 9.17) is 4.74 Å². The van der Waals surface area contributed by atoms with E-state index in [0.29, 0.717) is 12.1 Å². The lowest BCUT2D eigenvalue weighted by atomic mass is 9.95. The Balaban J connectivity index is 2.19. The predicted molar refractivity (Wildman–Crippen MR) is 73.4 cm³/mol. The number of nitrogens with zero attached hydrogens (tertiary/aromatic N) is 1. The molecule has 1 aliphatic heterocycles. The van der Waals surface area contributed by atoms with Crippen molar-refractivity contribution in [3.8, 4) is 0 Å². The van der Waals surface area contributed by atoms with Crippen molar-refractivity contribution in [2.75, 3.05) is 33.8 Å². The van der Waals surface area contributed by atoms with Crippen LogP contribution >= 0.6 is 0 Å². The fourth-order valence-corrected chi connectivity index (χ4v) is 2.72. The minimum absolute atomic E-state index is 0.440. The molecule has 0 radical (unpaired) electrons. The molecule has 0 aromatic rings. The van der Waals surface area contributed by atoms with Gasteiger partial charge in [-0.05, 0) is 51.7 Å². The van der Waals surface area contributed by atoms with Crippen LogP contribution in [-0.2, 0) is 4.74 Å². The average Bonchev–Trinajstić information content (AvgIpc) is 2.36. The summed E-state index contributed by atoms with van der Waals surface area (Å²) in [7, 11) is 3.91. The van der Waals surface area contributed by atoms with Gasteiger partial charge in [-0.2, -0.15) is 0 Å². The molecule has 0 aliphatic carbocycles. The summed E-state index contributed by atoms with van der Waals surface area (Å²) in [6, 6.07) is 0.692. The van der Waals surface area contributed by atoms with E-state index in [2.05, 4.69) is 31.1 Å². The van der Waals surface area contributed by atoms with Crippen LogP contribution in [0, 0.1) is 5.92 Å². The van der Waals surface area contributed by atoms with E-state index in [0.717, 1.165) is 12.5 Å². The van der Waals surface area contributed by atoms with Gasteiger partial charge >= 0.3 is 0 Å². The third-order valence-corrected chi connectivity index (χ3v) is 4.20. The summed E-state index contributed by atoms with van der Waals surface area (Å²) in [6.07, 6.45) is 5.53. The topological polar surface area (TPSA) is 24.5 Å². The number of methoxy groups -OCH3 is 1. The van der Waals surface area contributed by atoms with Gasteiger partial charge in [-0.3, -0.25) is 0 Å². The van der Waals surface area contributed by atoms with E-state index in [-0.39, 0.29) is 0 Å². The monoisotopic (exact) mass is 242 g/mol. The summed E-state index contributed by atoms with van der Waals surface area (Å²) >= 11 is 0. The maximum Gasteiger partial charge on any atom is 0.0724 e. The van der Waals surface area contributed by atoms with Crippen LogP contribution in [0.25, 0.3) is 0 Å². The molecule has 0 bridgehead atoms. The Labute approximate surface area is 107 Å². The summed E-state index contributed by atoms with van der Waals surface area (Å²) in [6.45, 7) is 8.15. The Morgan fingerprint density at radius 1 is 1.47 bits per heavy atom. The molecule has 1 heterocycles. The molecule has 3 heteroatoms. The summed E-state index contributed by atoms with van der Waals surface area (Å²) in [5, 5.41) is 3.37. The second-order valence-electron chi connectivity index (χ2n) is 5.38. The van der Waals surface area contributed by atoms with E-state index in [1.807, 2.05) is 7.11 Å². The van der Waals surface area contributed by atoms with E-state index in [9.17, 15) is 0 Å². The molecule has 1 N–H and O–H groups in total. The molecule has 1 saturated heterocycles. The molecular weight excluding hydrogens is 212 g/mol. The van der Waals surface area contributed by atoms with Crippen LogP contribution in [0.3, 0.4) is 0 Å². The molecule has 3 unspecified atom stereocenters. The lowest BCUT2D eigenvalue weighted by molar-refractivity contribution is -0.00538. The van der Waals surface area contributed by atoms with Crippen LogP contribution in [0.5, 0.6) is 0 Å². The molecule has 0 spiro atoms.